The summed E-state index contributed by atoms with van der Waals surface area (Å²) in [6.45, 7) is 7.03. The molecule has 0 amide bonds. The third-order valence-corrected chi connectivity index (χ3v) is 3.23. The van der Waals surface area contributed by atoms with Gasteiger partial charge in [-0.15, -0.1) is 6.58 Å². The number of ether oxygens (including phenoxy) is 1. The average molecular weight is 246 g/mol. The van der Waals surface area contributed by atoms with Crippen LogP contribution in [0.2, 0.25) is 0 Å². The number of hydrogen-bond donors (Lipinski definition) is 1. The second kappa shape index (κ2) is 6.57. The molecule has 0 unspecified atom stereocenters. The van der Waals surface area contributed by atoms with Crippen molar-refractivity contribution >= 4 is 0 Å². The molecule has 3 heteroatoms. The Kier molecular flexibility index (Phi) is 4.79. The Bertz CT molecular complexity index is 371. The minimum atomic E-state index is 0.578. The van der Waals surface area contributed by atoms with Crippen molar-refractivity contribution in [1.29, 1.82) is 0 Å². The van der Waals surface area contributed by atoms with Gasteiger partial charge < -0.3 is 10.5 Å². The largest absolute Gasteiger partial charge is 0.492 e. The predicted molar refractivity (Wildman–Crippen MR) is 74.6 cm³/mol. The van der Waals surface area contributed by atoms with E-state index < -0.39 is 0 Å². The van der Waals surface area contributed by atoms with Crippen LogP contribution >= 0.6 is 0 Å². The Morgan fingerprint density at radius 3 is 2.61 bits per heavy atom. The van der Waals surface area contributed by atoms with Gasteiger partial charge in [-0.25, -0.2) is 0 Å². The average Bonchev–Trinajstić information content (AvgIpc) is 3.23. The second-order valence-corrected chi connectivity index (χ2v) is 4.71. The van der Waals surface area contributed by atoms with E-state index in [0.717, 1.165) is 37.1 Å². The van der Waals surface area contributed by atoms with E-state index in [4.69, 9.17) is 10.5 Å². The molecule has 2 N–H and O–H groups in total. The van der Waals surface area contributed by atoms with Crippen molar-refractivity contribution in [2.45, 2.75) is 25.4 Å². The topological polar surface area (TPSA) is 38.5 Å². The first-order valence-electron chi connectivity index (χ1n) is 6.60. The molecule has 0 atom stereocenters. The Morgan fingerprint density at radius 1 is 1.33 bits per heavy atom. The first-order chi connectivity index (χ1) is 8.83. The molecule has 1 aromatic carbocycles. The Labute approximate surface area is 109 Å². The third kappa shape index (κ3) is 3.86. The first kappa shape index (κ1) is 13.1. The standard InChI is InChI=1S/C15H22N2O/c1-2-9-17(14-5-6-14)10-11-18-15-7-3-13(12-16)4-8-15/h2-4,7-8,14H,1,5-6,9-12,16H2. The van der Waals surface area contributed by atoms with Crippen LogP contribution in [0.1, 0.15) is 18.4 Å². The summed E-state index contributed by atoms with van der Waals surface area (Å²) in [5.41, 5.74) is 6.69. The lowest BCUT2D eigenvalue weighted by atomic mass is 10.2. The van der Waals surface area contributed by atoms with Gasteiger partial charge in [0.25, 0.3) is 0 Å². The van der Waals surface area contributed by atoms with E-state index in [2.05, 4.69) is 11.5 Å². The highest BCUT2D eigenvalue weighted by Crippen LogP contribution is 2.26. The molecular weight excluding hydrogens is 224 g/mol. The number of hydrogen-bond acceptors (Lipinski definition) is 3. The van der Waals surface area contributed by atoms with Gasteiger partial charge in [-0.1, -0.05) is 18.2 Å². The SMILES string of the molecule is C=CCN(CCOc1ccc(CN)cc1)C1CC1. The molecule has 0 radical (unpaired) electrons. The molecule has 1 aliphatic rings. The van der Waals surface area contributed by atoms with Crippen LogP contribution in [0.15, 0.2) is 36.9 Å². The summed E-state index contributed by atoms with van der Waals surface area (Å²) in [5.74, 6) is 0.918. The molecular formula is C15H22N2O. The van der Waals surface area contributed by atoms with Crippen molar-refractivity contribution in [3.05, 3.63) is 42.5 Å². The van der Waals surface area contributed by atoms with Gasteiger partial charge in [0.1, 0.15) is 12.4 Å². The highest BCUT2D eigenvalue weighted by atomic mass is 16.5. The molecule has 18 heavy (non-hydrogen) atoms. The molecule has 0 saturated heterocycles. The maximum atomic E-state index is 5.74. The fraction of sp³-hybridized carbons (Fsp3) is 0.467. The van der Waals surface area contributed by atoms with E-state index >= 15 is 0 Å². The molecule has 98 valence electrons. The summed E-state index contributed by atoms with van der Waals surface area (Å²) < 4.78 is 5.74. The van der Waals surface area contributed by atoms with Crippen LogP contribution in [-0.4, -0.2) is 30.6 Å². The van der Waals surface area contributed by atoms with Crippen molar-refractivity contribution < 1.29 is 4.74 Å². The Balaban J connectivity index is 1.74. The summed E-state index contributed by atoms with van der Waals surface area (Å²) in [4.78, 5) is 2.43. The zero-order chi connectivity index (χ0) is 12.8. The van der Waals surface area contributed by atoms with Gasteiger partial charge in [0.05, 0.1) is 0 Å². The molecule has 1 fully saturated rings. The van der Waals surface area contributed by atoms with Gasteiger partial charge in [0.2, 0.25) is 0 Å². The maximum Gasteiger partial charge on any atom is 0.119 e. The van der Waals surface area contributed by atoms with Crippen molar-refractivity contribution in [2.24, 2.45) is 5.73 Å². The molecule has 0 aliphatic heterocycles. The van der Waals surface area contributed by atoms with Crippen LogP contribution in [-0.2, 0) is 6.54 Å². The van der Waals surface area contributed by atoms with Crippen molar-refractivity contribution in [1.82, 2.24) is 4.90 Å². The summed E-state index contributed by atoms with van der Waals surface area (Å²) in [7, 11) is 0. The fourth-order valence-electron chi connectivity index (χ4n) is 2.03. The lowest BCUT2D eigenvalue weighted by molar-refractivity contribution is 0.216. The smallest absolute Gasteiger partial charge is 0.119 e. The fourth-order valence-corrected chi connectivity index (χ4v) is 2.03. The van der Waals surface area contributed by atoms with E-state index in [0.29, 0.717) is 6.54 Å². The summed E-state index contributed by atoms with van der Waals surface area (Å²) in [6.07, 6.45) is 4.60. The molecule has 1 saturated carbocycles. The minimum absolute atomic E-state index is 0.578. The lowest BCUT2D eigenvalue weighted by Gasteiger charge is -2.20. The molecule has 0 bridgehead atoms. The van der Waals surface area contributed by atoms with Gasteiger partial charge in [-0.2, -0.15) is 0 Å². The number of nitrogens with zero attached hydrogens (tertiary/aromatic N) is 1. The number of rotatable bonds is 8. The van der Waals surface area contributed by atoms with Crippen molar-refractivity contribution in [3.8, 4) is 5.75 Å². The van der Waals surface area contributed by atoms with E-state index in [9.17, 15) is 0 Å². The molecule has 1 aliphatic carbocycles. The van der Waals surface area contributed by atoms with Gasteiger partial charge in [0.15, 0.2) is 0 Å². The normalized spacial score (nSPS) is 14.8. The quantitative estimate of drug-likeness (QED) is 0.714. The predicted octanol–water partition coefficient (Wildman–Crippen LogP) is 2.17. The zero-order valence-electron chi connectivity index (χ0n) is 10.8. The minimum Gasteiger partial charge on any atom is -0.492 e. The molecule has 2 rings (SSSR count). The number of nitrogens with two attached hydrogens (primary N) is 1. The van der Waals surface area contributed by atoms with Crippen LogP contribution in [0.4, 0.5) is 0 Å². The monoisotopic (exact) mass is 246 g/mol. The van der Waals surface area contributed by atoms with E-state index in [1.165, 1.54) is 12.8 Å². The van der Waals surface area contributed by atoms with Gasteiger partial charge in [-0.05, 0) is 30.5 Å². The van der Waals surface area contributed by atoms with E-state index in [-0.39, 0.29) is 0 Å². The molecule has 0 heterocycles. The highest BCUT2D eigenvalue weighted by molar-refractivity contribution is 5.27. The summed E-state index contributed by atoms with van der Waals surface area (Å²) in [6, 6.07) is 8.75. The third-order valence-electron chi connectivity index (χ3n) is 3.23. The summed E-state index contributed by atoms with van der Waals surface area (Å²) >= 11 is 0. The maximum absolute atomic E-state index is 5.74. The molecule has 0 spiro atoms. The molecule has 0 aromatic heterocycles. The van der Waals surface area contributed by atoms with Gasteiger partial charge in [0, 0.05) is 25.7 Å². The van der Waals surface area contributed by atoms with Crippen LogP contribution in [0.25, 0.3) is 0 Å². The molecule has 1 aromatic rings. The zero-order valence-corrected chi connectivity index (χ0v) is 10.8. The lowest BCUT2D eigenvalue weighted by Crippen LogP contribution is -2.30. The van der Waals surface area contributed by atoms with Gasteiger partial charge >= 0.3 is 0 Å². The Morgan fingerprint density at radius 2 is 2.06 bits per heavy atom. The highest BCUT2D eigenvalue weighted by Gasteiger charge is 2.27. The second-order valence-electron chi connectivity index (χ2n) is 4.71. The van der Waals surface area contributed by atoms with Crippen LogP contribution in [0.5, 0.6) is 5.75 Å². The summed E-state index contributed by atoms with van der Waals surface area (Å²) in [5, 5.41) is 0. The van der Waals surface area contributed by atoms with E-state index in [1.807, 2.05) is 30.3 Å². The van der Waals surface area contributed by atoms with Crippen molar-refractivity contribution in [3.63, 3.8) is 0 Å². The molecule has 3 nitrogen and oxygen atoms in total. The Hall–Kier alpha value is -1.32. The van der Waals surface area contributed by atoms with Crippen LogP contribution in [0, 0.1) is 0 Å². The van der Waals surface area contributed by atoms with Crippen LogP contribution in [0.3, 0.4) is 0 Å². The van der Waals surface area contributed by atoms with Crippen LogP contribution < -0.4 is 10.5 Å². The number of benzene rings is 1. The van der Waals surface area contributed by atoms with Gasteiger partial charge in [-0.3, -0.25) is 4.90 Å². The first-order valence-corrected chi connectivity index (χ1v) is 6.60. The van der Waals surface area contributed by atoms with Crippen molar-refractivity contribution in [2.75, 3.05) is 19.7 Å². The van der Waals surface area contributed by atoms with E-state index in [1.54, 1.807) is 0 Å².